The molecule has 2 atom stereocenters. The van der Waals surface area contributed by atoms with Crippen LogP contribution in [0.1, 0.15) is 18.9 Å². The lowest BCUT2D eigenvalue weighted by atomic mass is 10.1. The van der Waals surface area contributed by atoms with Crippen molar-refractivity contribution in [3.8, 4) is 0 Å². The summed E-state index contributed by atoms with van der Waals surface area (Å²) in [4.78, 5) is 13.0. The zero-order valence-electron chi connectivity index (χ0n) is 9.87. The quantitative estimate of drug-likeness (QED) is 0.865. The summed E-state index contributed by atoms with van der Waals surface area (Å²) < 4.78 is 5.00. The second-order valence-electron chi connectivity index (χ2n) is 4.22. The summed E-state index contributed by atoms with van der Waals surface area (Å²) >= 11 is 0. The molecule has 0 spiro atoms. The van der Waals surface area contributed by atoms with Crippen molar-refractivity contribution >= 4 is 6.09 Å². The van der Waals surface area contributed by atoms with Crippen molar-refractivity contribution in [2.75, 3.05) is 6.61 Å². The van der Waals surface area contributed by atoms with Crippen LogP contribution in [-0.2, 0) is 11.2 Å². The molecule has 1 saturated heterocycles. The van der Waals surface area contributed by atoms with Crippen LogP contribution in [0.15, 0.2) is 30.3 Å². The highest BCUT2D eigenvalue weighted by atomic mass is 16.6. The summed E-state index contributed by atoms with van der Waals surface area (Å²) in [5, 5.41) is 9.80. The zero-order chi connectivity index (χ0) is 12.3. The number of amides is 1. The van der Waals surface area contributed by atoms with Gasteiger partial charge in [-0.15, -0.1) is 0 Å². The molecule has 0 aliphatic carbocycles. The molecule has 1 aromatic rings. The Kier molecular flexibility index (Phi) is 3.64. The monoisotopic (exact) mass is 235 g/mol. The third-order valence-corrected chi connectivity index (χ3v) is 3.00. The third-order valence-electron chi connectivity index (χ3n) is 3.00. The fourth-order valence-electron chi connectivity index (χ4n) is 2.08. The minimum Gasteiger partial charge on any atom is -0.447 e. The summed E-state index contributed by atoms with van der Waals surface area (Å²) in [5.74, 6) is 0. The molecule has 4 nitrogen and oxygen atoms in total. The van der Waals surface area contributed by atoms with Crippen molar-refractivity contribution in [2.45, 2.75) is 32.0 Å². The van der Waals surface area contributed by atoms with Gasteiger partial charge >= 0.3 is 6.09 Å². The van der Waals surface area contributed by atoms with Gasteiger partial charge in [-0.1, -0.05) is 37.3 Å². The Balaban J connectivity index is 2.07. The van der Waals surface area contributed by atoms with Crippen LogP contribution in [0.5, 0.6) is 0 Å². The van der Waals surface area contributed by atoms with E-state index in [1.807, 2.05) is 37.3 Å². The second kappa shape index (κ2) is 5.19. The van der Waals surface area contributed by atoms with E-state index >= 15 is 0 Å². The van der Waals surface area contributed by atoms with E-state index in [-0.39, 0.29) is 6.04 Å². The lowest BCUT2D eigenvalue weighted by Gasteiger charge is -2.25. The summed E-state index contributed by atoms with van der Waals surface area (Å²) in [6.07, 6.45) is 0.0586. The van der Waals surface area contributed by atoms with Gasteiger partial charge in [-0.3, -0.25) is 4.90 Å². The number of ether oxygens (including phenoxy) is 1. The number of benzene rings is 1. The van der Waals surface area contributed by atoms with Crippen LogP contribution in [0.4, 0.5) is 4.79 Å². The van der Waals surface area contributed by atoms with Crippen molar-refractivity contribution < 1.29 is 14.6 Å². The predicted octanol–water partition coefficient (Wildman–Crippen LogP) is 1.78. The van der Waals surface area contributed by atoms with Crippen LogP contribution in [0, 0.1) is 0 Å². The molecule has 1 aliphatic heterocycles. The molecule has 1 aliphatic rings. The van der Waals surface area contributed by atoms with Crippen molar-refractivity contribution in [3.05, 3.63) is 35.9 Å². The van der Waals surface area contributed by atoms with Crippen LogP contribution >= 0.6 is 0 Å². The maximum absolute atomic E-state index is 11.5. The SMILES string of the molecule is CC[C@H](O)N1C(=O)OC[C@@H]1Cc1ccccc1. The van der Waals surface area contributed by atoms with Crippen LogP contribution in [0.25, 0.3) is 0 Å². The molecule has 4 heteroatoms. The molecule has 1 aromatic carbocycles. The van der Waals surface area contributed by atoms with Gasteiger partial charge in [-0.05, 0) is 18.4 Å². The zero-order valence-corrected chi connectivity index (χ0v) is 9.87. The smallest absolute Gasteiger partial charge is 0.412 e. The van der Waals surface area contributed by atoms with E-state index in [2.05, 4.69) is 0 Å². The van der Waals surface area contributed by atoms with Crippen LogP contribution in [-0.4, -0.2) is 35.0 Å². The first kappa shape index (κ1) is 11.9. The molecule has 0 radical (unpaired) electrons. The Morgan fingerprint density at radius 2 is 2.18 bits per heavy atom. The molecule has 0 saturated carbocycles. The topological polar surface area (TPSA) is 49.8 Å². The number of cyclic esters (lactones) is 1. The maximum Gasteiger partial charge on any atom is 0.412 e. The first-order chi connectivity index (χ1) is 8.22. The van der Waals surface area contributed by atoms with E-state index in [4.69, 9.17) is 4.74 Å². The molecule has 92 valence electrons. The van der Waals surface area contributed by atoms with Crippen LogP contribution in [0.3, 0.4) is 0 Å². The second-order valence-corrected chi connectivity index (χ2v) is 4.22. The Bertz CT molecular complexity index is 380. The highest BCUT2D eigenvalue weighted by Gasteiger charge is 2.36. The third kappa shape index (κ3) is 2.58. The number of rotatable bonds is 4. The Morgan fingerprint density at radius 3 is 2.82 bits per heavy atom. The molecule has 1 N–H and O–H groups in total. The van der Waals surface area contributed by atoms with Crippen LogP contribution < -0.4 is 0 Å². The van der Waals surface area contributed by atoms with Gasteiger partial charge in [0.25, 0.3) is 0 Å². The largest absolute Gasteiger partial charge is 0.447 e. The fourth-order valence-corrected chi connectivity index (χ4v) is 2.08. The van der Waals surface area contributed by atoms with E-state index in [9.17, 15) is 9.90 Å². The van der Waals surface area contributed by atoms with Gasteiger partial charge < -0.3 is 9.84 Å². The van der Waals surface area contributed by atoms with Crippen molar-refractivity contribution in [1.29, 1.82) is 0 Å². The van der Waals surface area contributed by atoms with Gasteiger partial charge in [0.1, 0.15) is 12.8 Å². The first-order valence-corrected chi connectivity index (χ1v) is 5.89. The van der Waals surface area contributed by atoms with Gasteiger partial charge in [0, 0.05) is 0 Å². The molecule has 0 bridgehead atoms. The molecule has 0 aromatic heterocycles. The normalized spacial score (nSPS) is 21.4. The van der Waals surface area contributed by atoms with E-state index < -0.39 is 12.3 Å². The first-order valence-electron chi connectivity index (χ1n) is 5.89. The Hall–Kier alpha value is -1.55. The van der Waals surface area contributed by atoms with Gasteiger partial charge in [-0.25, -0.2) is 4.79 Å². The Morgan fingerprint density at radius 1 is 1.47 bits per heavy atom. The highest BCUT2D eigenvalue weighted by molar-refractivity contribution is 5.70. The number of carbonyl (C=O) groups is 1. The fraction of sp³-hybridized carbons (Fsp3) is 0.462. The van der Waals surface area contributed by atoms with Gasteiger partial charge in [0.05, 0.1) is 6.04 Å². The molecule has 1 heterocycles. The molecular weight excluding hydrogens is 218 g/mol. The van der Waals surface area contributed by atoms with E-state index in [1.165, 1.54) is 4.90 Å². The summed E-state index contributed by atoms with van der Waals surface area (Å²) in [6, 6.07) is 9.85. The number of aliphatic hydroxyl groups is 1. The van der Waals surface area contributed by atoms with Gasteiger partial charge in [0.2, 0.25) is 0 Å². The Labute approximate surface area is 101 Å². The average Bonchev–Trinajstić information content (AvgIpc) is 2.71. The van der Waals surface area contributed by atoms with Gasteiger partial charge in [0.15, 0.2) is 0 Å². The van der Waals surface area contributed by atoms with Crippen molar-refractivity contribution in [1.82, 2.24) is 4.90 Å². The number of hydrogen-bond donors (Lipinski definition) is 1. The van der Waals surface area contributed by atoms with Gasteiger partial charge in [-0.2, -0.15) is 0 Å². The molecular formula is C13H17NO3. The number of aliphatic hydroxyl groups excluding tert-OH is 1. The lowest BCUT2D eigenvalue weighted by molar-refractivity contribution is 0.0170. The summed E-state index contributed by atoms with van der Waals surface area (Å²) in [5.41, 5.74) is 1.14. The highest BCUT2D eigenvalue weighted by Crippen LogP contribution is 2.20. The van der Waals surface area contributed by atoms with Crippen LogP contribution in [0.2, 0.25) is 0 Å². The number of carbonyl (C=O) groups excluding carboxylic acids is 1. The molecule has 1 amide bonds. The predicted molar refractivity (Wildman–Crippen MR) is 63.4 cm³/mol. The average molecular weight is 235 g/mol. The minimum atomic E-state index is -0.751. The van der Waals surface area contributed by atoms with Crippen molar-refractivity contribution in [3.63, 3.8) is 0 Å². The number of nitrogens with zero attached hydrogens (tertiary/aromatic N) is 1. The van der Waals surface area contributed by atoms with E-state index in [0.29, 0.717) is 19.4 Å². The standard InChI is InChI=1S/C13H17NO3/c1-2-12(15)14-11(9-17-13(14)16)8-10-6-4-3-5-7-10/h3-7,11-12,15H,2,8-9H2,1H3/t11-,12-/m0/s1. The van der Waals surface area contributed by atoms with E-state index in [1.54, 1.807) is 0 Å². The van der Waals surface area contributed by atoms with Crippen molar-refractivity contribution in [2.24, 2.45) is 0 Å². The molecule has 2 rings (SSSR count). The summed E-state index contributed by atoms with van der Waals surface area (Å²) in [7, 11) is 0. The van der Waals surface area contributed by atoms with E-state index in [0.717, 1.165) is 5.56 Å². The molecule has 1 fully saturated rings. The summed E-state index contributed by atoms with van der Waals surface area (Å²) in [6.45, 7) is 2.20. The maximum atomic E-state index is 11.5. The molecule has 17 heavy (non-hydrogen) atoms. The lowest BCUT2D eigenvalue weighted by Crippen LogP contribution is -2.42. The minimum absolute atomic E-state index is 0.0696. The number of hydrogen-bond acceptors (Lipinski definition) is 3. The molecule has 0 unspecified atom stereocenters.